The van der Waals surface area contributed by atoms with Crippen molar-refractivity contribution in [2.75, 3.05) is 0 Å². The summed E-state index contributed by atoms with van der Waals surface area (Å²) in [6, 6.07) is 9.04. The second-order valence-corrected chi connectivity index (χ2v) is 7.18. The van der Waals surface area contributed by atoms with Gasteiger partial charge in [-0.2, -0.15) is 0 Å². The molecule has 7 heteroatoms. The van der Waals surface area contributed by atoms with Gasteiger partial charge in [-0.05, 0) is 50.8 Å². The molecule has 0 aliphatic carbocycles. The Hall–Kier alpha value is -1.50. The van der Waals surface area contributed by atoms with Crippen LogP contribution >= 0.6 is 23.5 Å². The maximum atomic E-state index is 11.6. The fourth-order valence-electron chi connectivity index (χ4n) is 2.08. The minimum Gasteiger partial charge on any atom is -0.301 e. The van der Waals surface area contributed by atoms with Crippen molar-refractivity contribution in [3.05, 3.63) is 62.4 Å². The zero-order valence-corrected chi connectivity index (χ0v) is 14.7. The Morgan fingerprint density at radius 2 is 2.00 bits per heavy atom. The van der Waals surface area contributed by atoms with Gasteiger partial charge in [0.2, 0.25) is 0 Å². The van der Waals surface area contributed by atoms with E-state index >= 15 is 0 Å². The van der Waals surface area contributed by atoms with Crippen molar-refractivity contribution in [1.82, 2.24) is 14.3 Å². The number of halogens is 1. The summed E-state index contributed by atoms with van der Waals surface area (Å²) in [4.78, 5) is 25.9. The maximum absolute atomic E-state index is 11.6. The minimum absolute atomic E-state index is 0.115. The van der Waals surface area contributed by atoms with Crippen molar-refractivity contribution in [1.29, 1.82) is 0 Å². The fourth-order valence-corrected chi connectivity index (χ4v) is 3.14. The second kappa shape index (κ2) is 7.86. The molecule has 5 nitrogen and oxygen atoms in total. The van der Waals surface area contributed by atoms with Gasteiger partial charge >= 0.3 is 5.69 Å². The van der Waals surface area contributed by atoms with E-state index < -0.39 is 0 Å². The predicted molar refractivity (Wildman–Crippen MR) is 95.1 cm³/mol. The number of aromatic amines is 1. The summed E-state index contributed by atoms with van der Waals surface area (Å²) in [5.41, 5.74) is -0.853. The highest BCUT2D eigenvalue weighted by atomic mass is 35.5. The van der Waals surface area contributed by atoms with E-state index in [1.54, 1.807) is 0 Å². The van der Waals surface area contributed by atoms with Gasteiger partial charge in [-0.25, -0.2) is 4.79 Å². The minimum atomic E-state index is -0.371. The average Bonchev–Trinajstić information content (AvgIpc) is 2.49. The van der Waals surface area contributed by atoms with E-state index in [2.05, 4.69) is 23.6 Å². The Labute approximate surface area is 144 Å². The quantitative estimate of drug-likeness (QED) is 0.751. The van der Waals surface area contributed by atoms with Gasteiger partial charge in [-0.3, -0.25) is 14.5 Å². The summed E-state index contributed by atoms with van der Waals surface area (Å²) < 4.78 is 4.93. The first-order valence-electron chi connectivity index (χ1n) is 7.36. The van der Waals surface area contributed by atoms with Crippen molar-refractivity contribution < 1.29 is 0 Å². The lowest BCUT2D eigenvalue weighted by atomic mass is 10.0. The van der Waals surface area contributed by atoms with Crippen LogP contribution in [0.3, 0.4) is 0 Å². The number of H-pyrrole nitrogens is 1. The molecule has 1 aromatic carbocycles. The highest BCUT2D eigenvalue weighted by Crippen LogP contribution is 2.27. The molecular weight excluding hydrogens is 334 g/mol. The fraction of sp³-hybridized carbons (Fsp3) is 0.375. The van der Waals surface area contributed by atoms with Crippen LogP contribution in [0.2, 0.25) is 5.02 Å². The van der Waals surface area contributed by atoms with Crippen molar-refractivity contribution in [3.8, 4) is 0 Å². The van der Waals surface area contributed by atoms with E-state index in [1.807, 2.05) is 24.3 Å². The molecule has 0 unspecified atom stereocenters. The number of rotatable bonds is 7. The molecule has 0 saturated carbocycles. The van der Waals surface area contributed by atoms with Crippen LogP contribution in [-0.4, -0.2) is 15.1 Å². The smallest absolute Gasteiger partial charge is 0.301 e. The molecule has 0 saturated heterocycles. The van der Waals surface area contributed by atoms with Gasteiger partial charge in [-0.1, -0.05) is 23.7 Å². The van der Waals surface area contributed by atoms with Crippen molar-refractivity contribution in [2.45, 2.75) is 43.7 Å². The molecule has 1 aromatic heterocycles. The van der Waals surface area contributed by atoms with Crippen LogP contribution in [0.5, 0.6) is 0 Å². The molecule has 124 valence electrons. The van der Waals surface area contributed by atoms with E-state index in [1.165, 1.54) is 28.8 Å². The molecule has 2 N–H and O–H groups in total. The molecule has 0 fully saturated rings. The molecule has 2 aromatic rings. The molecule has 0 atom stereocenters. The monoisotopic (exact) mass is 353 g/mol. The lowest BCUT2D eigenvalue weighted by Crippen LogP contribution is -2.35. The van der Waals surface area contributed by atoms with Gasteiger partial charge in [-0.15, -0.1) is 0 Å². The molecular formula is C16H20ClN3O2S. The third kappa shape index (κ3) is 5.57. The summed E-state index contributed by atoms with van der Waals surface area (Å²) in [6.45, 7) is 4.77. The Balaban J connectivity index is 1.85. The van der Waals surface area contributed by atoms with Gasteiger partial charge in [0.1, 0.15) is 0 Å². The van der Waals surface area contributed by atoms with Crippen LogP contribution in [0.1, 0.15) is 26.7 Å². The van der Waals surface area contributed by atoms with Crippen molar-refractivity contribution in [3.63, 3.8) is 0 Å². The molecule has 0 bridgehead atoms. The largest absolute Gasteiger partial charge is 0.328 e. The number of aryl methyl sites for hydroxylation is 1. The standard InChI is InChI=1S/C16H20ClN3O2S/c1-16(2,19-23-13-7-4-3-6-12(13)17)9-5-10-20-11-8-14(21)18-15(20)22/h3-4,6-8,11,19H,5,9-10H2,1-2H3,(H,18,21,22). The highest BCUT2D eigenvalue weighted by Gasteiger charge is 2.17. The zero-order chi connectivity index (χ0) is 16.9. The summed E-state index contributed by atoms with van der Waals surface area (Å²) in [5.74, 6) is 0. The van der Waals surface area contributed by atoms with Crippen molar-refractivity contribution >= 4 is 23.5 Å². The highest BCUT2D eigenvalue weighted by molar-refractivity contribution is 7.97. The van der Waals surface area contributed by atoms with Gasteiger partial charge in [0.15, 0.2) is 0 Å². The predicted octanol–water partition coefficient (Wildman–Crippen LogP) is 3.05. The lowest BCUT2D eigenvalue weighted by Gasteiger charge is -2.26. The van der Waals surface area contributed by atoms with E-state index in [4.69, 9.17) is 11.6 Å². The first-order chi connectivity index (χ1) is 10.9. The second-order valence-electron chi connectivity index (χ2n) is 5.93. The van der Waals surface area contributed by atoms with E-state index in [9.17, 15) is 9.59 Å². The summed E-state index contributed by atoms with van der Waals surface area (Å²) in [6.07, 6.45) is 3.21. The Kier molecular flexibility index (Phi) is 6.10. The normalized spacial score (nSPS) is 11.6. The molecule has 0 radical (unpaired) electrons. The molecule has 2 rings (SSSR count). The molecule has 0 aliphatic rings. The number of nitrogens with zero attached hydrogens (tertiary/aromatic N) is 1. The lowest BCUT2D eigenvalue weighted by molar-refractivity contribution is 0.408. The average molecular weight is 354 g/mol. The third-order valence-corrected chi connectivity index (χ3v) is 5.04. The SMILES string of the molecule is CC(C)(CCCn1ccc(=O)[nH]c1=O)NSc1ccccc1Cl. The van der Waals surface area contributed by atoms with E-state index in [0.29, 0.717) is 6.54 Å². The first kappa shape index (κ1) is 17.8. The van der Waals surface area contributed by atoms with Crippen LogP contribution in [-0.2, 0) is 6.54 Å². The van der Waals surface area contributed by atoms with Gasteiger partial charge in [0.05, 0.1) is 5.02 Å². The molecule has 0 aliphatic heterocycles. The van der Waals surface area contributed by atoms with Crippen LogP contribution < -0.4 is 16.0 Å². The number of benzene rings is 1. The number of hydrogen-bond acceptors (Lipinski definition) is 4. The van der Waals surface area contributed by atoms with Crippen LogP contribution in [0.4, 0.5) is 0 Å². The molecule has 0 amide bonds. The van der Waals surface area contributed by atoms with Crippen LogP contribution in [0.15, 0.2) is 51.0 Å². The summed E-state index contributed by atoms with van der Waals surface area (Å²) in [5, 5.41) is 0.723. The van der Waals surface area contributed by atoms with Crippen LogP contribution in [0.25, 0.3) is 0 Å². The first-order valence-corrected chi connectivity index (χ1v) is 8.55. The topological polar surface area (TPSA) is 66.9 Å². The Morgan fingerprint density at radius 1 is 1.26 bits per heavy atom. The van der Waals surface area contributed by atoms with Gasteiger partial charge in [0.25, 0.3) is 5.56 Å². The molecule has 23 heavy (non-hydrogen) atoms. The van der Waals surface area contributed by atoms with Gasteiger partial charge in [0, 0.05) is 29.2 Å². The van der Waals surface area contributed by atoms with Crippen LogP contribution in [0, 0.1) is 0 Å². The van der Waals surface area contributed by atoms with Crippen molar-refractivity contribution in [2.24, 2.45) is 0 Å². The third-order valence-electron chi connectivity index (χ3n) is 3.37. The number of nitrogens with one attached hydrogen (secondary N) is 2. The summed E-state index contributed by atoms with van der Waals surface area (Å²) >= 11 is 7.65. The number of hydrogen-bond donors (Lipinski definition) is 2. The maximum Gasteiger partial charge on any atom is 0.328 e. The zero-order valence-electron chi connectivity index (χ0n) is 13.1. The molecule has 0 spiro atoms. The number of aromatic nitrogens is 2. The van der Waals surface area contributed by atoms with E-state index in [-0.39, 0.29) is 16.8 Å². The Morgan fingerprint density at radius 3 is 2.70 bits per heavy atom. The Bertz CT molecular complexity index is 770. The summed E-state index contributed by atoms with van der Waals surface area (Å²) in [7, 11) is 0. The van der Waals surface area contributed by atoms with Gasteiger partial charge < -0.3 is 4.57 Å². The molecule has 1 heterocycles. The van der Waals surface area contributed by atoms with E-state index in [0.717, 1.165) is 22.8 Å².